The number of hydrogen-bond acceptors (Lipinski definition) is 2. The van der Waals surface area contributed by atoms with Crippen LogP contribution < -0.4 is 9.13 Å². The Morgan fingerprint density at radius 3 is 2.46 bits per heavy atom. The standard InChI is InChI=1S/C18H24F2N2.C7H6NO2.C2H6.Y/c1-6-8-22-10-9-21(5)17(22)16-14(18(3,4)7-2)11-13(19)12-15(16)20;9-7-6-3-1-2-4-8(6)5-10-7;1-2;/h9-12H,3,6-8H2,1-2,4-5H3;1-4H,5H2;1-2H3;/q;+1;;. The number of carbonyl (C=O) groups excluding carboxylic acids is 1. The number of carbonyl (C=O) groups is 1. The molecule has 8 heteroatoms. The van der Waals surface area contributed by atoms with Crippen molar-refractivity contribution in [2.24, 2.45) is 7.05 Å². The summed E-state index contributed by atoms with van der Waals surface area (Å²) in [5.74, 6) is -0.584. The number of ether oxygens (including phenoxy) is 1. The molecule has 0 fully saturated rings. The molecule has 1 aliphatic rings. The maximum Gasteiger partial charge on any atom is 0.408 e. The van der Waals surface area contributed by atoms with E-state index in [0.29, 0.717) is 30.0 Å². The molecule has 0 aliphatic carbocycles. The minimum atomic E-state index is -0.559. The molecular formula is C27H36F2N3O2Y+. The van der Waals surface area contributed by atoms with Crippen molar-refractivity contribution >= 4 is 5.97 Å². The van der Waals surface area contributed by atoms with Gasteiger partial charge in [-0.15, -0.1) is 5.41 Å². The second-order valence-corrected chi connectivity index (χ2v) is 8.27. The van der Waals surface area contributed by atoms with Gasteiger partial charge in [0.25, 0.3) is 18.2 Å². The number of aromatic nitrogens is 3. The first-order valence-electron chi connectivity index (χ1n) is 11.7. The van der Waals surface area contributed by atoms with Crippen LogP contribution in [0.2, 0.25) is 0 Å². The van der Waals surface area contributed by atoms with E-state index in [2.05, 4.69) is 13.8 Å². The number of pyridine rings is 1. The van der Waals surface area contributed by atoms with E-state index < -0.39 is 17.0 Å². The number of halogens is 2. The van der Waals surface area contributed by atoms with Gasteiger partial charge in [0.15, 0.2) is 6.20 Å². The van der Waals surface area contributed by atoms with Gasteiger partial charge in [-0.1, -0.05) is 46.6 Å². The third-order valence-corrected chi connectivity index (χ3v) is 5.73. The minimum absolute atomic E-state index is 0. The summed E-state index contributed by atoms with van der Waals surface area (Å²) in [6.45, 7) is 15.3. The van der Waals surface area contributed by atoms with E-state index in [0.717, 1.165) is 24.9 Å². The van der Waals surface area contributed by atoms with E-state index in [1.54, 1.807) is 10.6 Å². The zero-order chi connectivity index (χ0) is 25.5. The van der Waals surface area contributed by atoms with E-state index in [1.807, 2.05) is 74.6 Å². The van der Waals surface area contributed by atoms with Gasteiger partial charge in [0.05, 0.1) is 13.6 Å². The van der Waals surface area contributed by atoms with Crippen LogP contribution in [0.25, 0.3) is 11.4 Å². The van der Waals surface area contributed by atoms with Crippen LogP contribution in [0.1, 0.15) is 63.5 Å². The predicted octanol–water partition coefficient (Wildman–Crippen LogP) is 5.30. The van der Waals surface area contributed by atoms with Crippen molar-refractivity contribution in [2.75, 3.05) is 0 Å². The Balaban J connectivity index is 0.000000392. The molecule has 1 radical (unpaired) electrons. The maximum absolute atomic E-state index is 14.6. The van der Waals surface area contributed by atoms with Gasteiger partial charge in [0.2, 0.25) is 0 Å². The van der Waals surface area contributed by atoms with Crippen LogP contribution in [0.4, 0.5) is 8.78 Å². The predicted molar refractivity (Wildman–Crippen MR) is 128 cm³/mol. The molecule has 1 aromatic carbocycles. The average molecular weight is 562 g/mol. The summed E-state index contributed by atoms with van der Waals surface area (Å²) in [5.41, 5.74) is 1.13. The molecule has 35 heavy (non-hydrogen) atoms. The monoisotopic (exact) mass is 561 g/mol. The molecule has 4 rings (SSSR count). The van der Waals surface area contributed by atoms with Crippen LogP contribution >= 0.6 is 0 Å². The molecule has 3 heterocycles. The van der Waals surface area contributed by atoms with Gasteiger partial charge in [0, 0.05) is 50.9 Å². The van der Waals surface area contributed by atoms with Crippen molar-refractivity contribution in [1.82, 2.24) is 4.57 Å². The van der Waals surface area contributed by atoms with Gasteiger partial charge in [-0.05, 0) is 18.6 Å². The van der Waals surface area contributed by atoms with Gasteiger partial charge in [-0.3, -0.25) is 0 Å². The van der Waals surface area contributed by atoms with E-state index >= 15 is 0 Å². The molecule has 187 valence electrons. The van der Waals surface area contributed by atoms with E-state index in [9.17, 15) is 13.6 Å². The summed E-state index contributed by atoms with van der Waals surface area (Å²) in [6, 6.07) is 7.80. The van der Waals surface area contributed by atoms with E-state index in [-0.39, 0.29) is 38.7 Å². The number of aryl methyl sites for hydroxylation is 2. The second-order valence-electron chi connectivity index (χ2n) is 8.27. The summed E-state index contributed by atoms with van der Waals surface area (Å²) < 4.78 is 38.8. The molecule has 1 aliphatic heterocycles. The number of hydrogen-bond donors (Lipinski definition) is 0. The van der Waals surface area contributed by atoms with Crippen molar-refractivity contribution in [3.63, 3.8) is 0 Å². The van der Waals surface area contributed by atoms with E-state index in [4.69, 9.17) is 4.74 Å². The molecule has 1 unspecified atom stereocenters. The Morgan fingerprint density at radius 2 is 1.86 bits per heavy atom. The molecule has 0 bridgehead atoms. The normalized spacial score (nSPS) is 13.2. The van der Waals surface area contributed by atoms with Crippen molar-refractivity contribution in [3.05, 3.63) is 78.7 Å². The van der Waals surface area contributed by atoms with Crippen LogP contribution in [0.15, 0.2) is 48.9 Å². The number of esters is 1. The first-order chi connectivity index (χ1) is 16.2. The van der Waals surface area contributed by atoms with Gasteiger partial charge < -0.3 is 11.7 Å². The van der Waals surface area contributed by atoms with Crippen LogP contribution in [0.5, 0.6) is 0 Å². The zero-order valence-corrected chi connectivity index (χ0v) is 24.5. The fourth-order valence-electron chi connectivity index (χ4n) is 3.71. The first kappa shape index (κ1) is 31.0. The molecule has 2 aromatic heterocycles. The molecule has 0 N–H and O–H groups in total. The molecule has 0 saturated heterocycles. The molecule has 0 amide bonds. The molecular weight excluding hydrogens is 525 g/mol. The van der Waals surface area contributed by atoms with Crippen molar-refractivity contribution in [2.45, 2.75) is 66.2 Å². The SMILES string of the molecule is CC.O=C1OC[n+]2ccccc21.[CH2-]C(C)(CC)c1cc(F)cc(F)c1-c1n(CCC)cc[n+]1C.[Y]. The Labute approximate surface area is 233 Å². The van der Waals surface area contributed by atoms with Crippen molar-refractivity contribution < 1.29 is 60.2 Å². The number of fused-ring (bicyclic) bond motifs is 1. The number of benzene rings is 1. The Bertz CT molecular complexity index is 1130. The fourth-order valence-corrected chi connectivity index (χ4v) is 3.71. The van der Waals surface area contributed by atoms with Crippen LogP contribution in [-0.2, 0) is 63.2 Å². The third-order valence-electron chi connectivity index (χ3n) is 5.73. The van der Waals surface area contributed by atoms with Gasteiger partial charge >= 0.3 is 5.97 Å². The Hall–Kier alpha value is -1.99. The number of cyclic esters (lactones) is 1. The van der Waals surface area contributed by atoms with Crippen molar-refractivity contribution in [1.29, 1.82) is 0 Å². The van der Waals surface area contributed by atoms with Gasteiger partial charge in [0.1, 0.15) is 29.6 Å². The number of rotatable bonds is 5. The average Bonchev–Trinajstić information content (AvgIpc) is 3.38. The molecule has 1 atom stereocenters. The molecule has 0 spiro atoms. The topological polar surface area (TPSA) is 39.0 Å². The van der Waals surface area contributed by atoms with Gasteiger partial charge in [-0.2, -0.15) is 4.57 Å². The van der Waals surface area contributed by atoms with Crippen LogP contribution in [0, 0.1) is 18.6 Å². The molecule has 3 aromatic rings. The quantitative estimate of drug-likeness (QED) is 0.241. The van der Waals surface area contributed by atoms with Gasteiger partial charge in [-0.25, -0.2) is 22.7 Å². The smallest absolute Gasteiger partial charge is 0.397 e. The molecule has 0 saturated carbocycles. The van der Waals surface area contributed by atoms with Crippen molar-refractivity contribution in [3.8, 4) is 11.4 Å². The summed E-state index contributed by atoms with van der Waals surface area (Å²) in [7, 11) is 1.88. The Morgan fingerprint density at radius 1 is 1.17 bits per heavy atom. The zero-order valence-electron chi connectivity index (χ0n) is 21.6. The number of imidazole rings is 1. The minimum Gasteiger partial charge on any atom is -0.397 e. The summed E-state index contributed by atoms with van der Waals surface area (Å²) in [4.78, 5) is 10.8. The first-order valence-corrected chi connectivity index (χ1v) is 11.7. The van der Waals surface area contributed by atoms with E-state index in [1.165, 1.54) is 6.07 Å². The second kappa shape index (κ2) is 13.9. The Kier molecular flexibility index (Phi) is 12.4. The summed E-state index contributed by atoms with van der Waals surface area (Å²) >= 11 is 0. The summed E-state index contributed by atoms with van der Waals surface area (Å²) in [5, 5.41) is 0. The fraction of sp³-hybridized carbons (Fsp3) is 0.407. The maximum atomic E-state index is 14.6. The molecule has 5 nitrogen and oxygen atoms in total. The summed E-state index contributed by atoms with van der Waals surface area (Å²) in [6.07, 6.45) is 7.28. The van der Waals surface area contributed by atoms with Crippen LogP contribution in [-0.4, -0.2) is 10.5 Å². The number of nitrogens with zero attached hydrogens (tertiary/aromatic N) is 3. The van der Waals surface area contributed by atoms with Crippen LogP contribution in [0.3, 0.4) is 0 Å². The largest absolute Gasteiger partial charge is 0.408 e. The third kappa shape index (κ3) is 7.26.